The average Bonchev–Trinajstić information content (AvgIpc) is 3.04. The van der Waals surface area contributed by atoms with Crippen LogP contribution in [0.15, 0.2) is 36.4 Å². The Balaban J connectivity index is 1.52. The summed E-state index contributed by atoms with van der Waals surface area (Å²) in [5.41, 5.74) is 5.51. The predicted octanol–water partition coefficient (Wildman–Crippen LogP) is 3.34. The van der Waals surface area contributed by atoms with Gasteiger partial charge in [-0.25, -0.2) is 0 Å². The molecule has 3 heterocycles. The normalized spacial score (nSPS) is 23.1. The molecule has 3 aliphatic rings. The van der Waals surface area contributed by atoms with E-state index in [1.165, 1.54) is 23.4 Å². The number of benzene rings is 2. The molecule has 5 rings (SSSR count). The van der Waals surface area contributed by atoms with Crippen LogP contribution >= 0.6 is 0 Å². The number of methoxy groups -OCH3 is 2. The van der Waals surface area contributed by atoms with Gasteiger partial charge >= 0.3 is 0 Å². The molecule has 142 valence electrons. The van der Waals surface area contributed by atoms with Crippen LogP contribution in [0.4, 0.5) is 17.1 Å². The van der Waals surface area contributed by atoms with Gasteiger partial charge in [-0.3, -0.25) is 0 Å². The van der Waals surface area contributed by atoms with E-state index in [-0.39, 0.29) is 0 Å². The first-order valence-corrected chi connectivity index (χ1v) is 9.79. The van der Waals surface area contributed by atoms with Crippen LogP contribution in [0.3, 0.4) is 0 Å². The molecule has 2 atom stereocenters. The number of para-hydroxylation sites is 2. The zero-order chi connectivity index (χ0) is 18.5. The molecule has 0 aliphatic carbocycles. The van der Waals surface area contributed by atoms with Crippen LogP contribution in [-0.4, -0.2) is 53.5 Å². The van der Waals surface area contributed by atoms with Crippen LogP contribution < -0.4 is 24.2 Å². The number of piperidine rings is 1. The molecule has 0 aromatic heterocycles. The lowest BCUT2D eigenvalue weighted by atomic mass is 9.88. The van der Waals surface area contributed by atoms with E-state index < -0.39 is 0 Å². The summed E-state index contributed by atoms with van der Waals surface area (Å²) in [4.78, 5) is 7.55. The highest BCUT2D eigenvalue weighted by atomic mass is 16.5. The fraction of sp³-hybridized carbons (Fsp3) is 0.455. The summed E-state index contributed by atoms with van der Waals surface area (Å²) in [6.07, 6.45) is 1.17. The van der Waals surface area contributed by atoms with E-state index in [4.69, 9.17) is 9.47 Å². The second-order valence-electron chi connectivity index (χ2n) is 7.75. The summed E-state index contributed by atoms with van der Waals surface area (Å²) >= 11 is 0. The third kappa shape index (κ3) is 2.37. The fourth-order valence-electron chi connectivity index (χ4n) is 5.25. The van der Waals surface area contributed by atoms with Gasteiger partial charge in [-0.1, -0.05) is 18.2 Å². The van der Waals surface area contributed by atoms with Crippen molar-refractivity contribution in [1.82, 2.24) is 0 Å². The molecule has 5 nitrogen and oxygen atoms in total. The van der Waals surface area contributed by atoms with Gasteiger partial charge in [0.15, 0.2) is 11.5 Å². The third-order valence-electron chi connectivity index (χ3n) is 6.52. The summed E-state index contributed by atoms with van der Waals surface area (Å²) in [7, 11) is 5.64. The van der Waals surface area contributed by atoms with Crippen molar-refractivity contribution in [3.8, 4) is 11.5 Å². The van der Waals surface area contributed by atoms with Gasteiger partial charge in [0.2, 0.25) is 0 Å². The number of hydrogen-bond donors (Lipinski definition) is 0. The Labute approximate surface area is 161 Å². The molecule has 5 heteroatoms. The molecule has 0 radical (unpaired) electrons. The van der Waals surface area contributed by atoms with Crippen LogP contribution in [0.1, 0.15) is 17.9 Å². The van der Waals surface area contributed by atoms with Crippen LogP contribution in [0.25, 0.3) is 0 Å². The second-order valence-corrected chi connectivity index (χ2v) is 7.75. The predicted molar refractivity (Wildman–Crippen MR) is 110 cm³/mol. The first-order valence-electron chi connectivity index (χ1n) is 9.79. The quantitative estimate of drug-likeness (QED) is 0.832. The summed E-state index contributed by atoms with van der Waals surface area (Å²) in [5.74, 6) is 2.18. The molecule has 0 saturated carbocycles. The minimum absolute atomic E-state index is 0.538. The number of anilines is 3. The number of fused-ring (bicyclic) bond motifs is 3. The van der Waals surface area contributed by atoms with Gasteiger partial charge in [0, 0.05) is 45.2 Å². The molecule has 0 spiro atoms. The molecule has 0 N–H and O–H groups in total. The Bertz CT molecular complexity index is 869. The minimum Gasteiger partial charge on any atom is -0.493 e. The number of likely N-dealkylation sites (N-methyl/N-ethyl adjacent to an activating group) is 1. The number of ether oxygens (including phenoxy) is 2. The smallest absolute Gasteiger partial charge is 0.184 e. The highest BCUT2D eigenvalue weighted by molar-refractivity contribution is 5.81. The lowest BCUT2D eigenvalue weighted by Crippen LogP contribution is -2.49. The molecular formula is C22H27N3O2. The van der Waals surface area contributed by atoms with Gasteiger partial charge < -0.3 is 24.2 Å². The van der Waals surface area contributed by atoms with E-state index in [2.05, 4.69) is 52.1 Å². The third-order valence-corrected chi connectivity index (χ3v) is 6.52. The fourth-order valence-corrected chi connectivity index (χ4v) is 5.25. The van der Waals surface area contributed by atoms with Gasteiger partial charge in [0.25, 0.3) is 0 Å². The van der Waals surface area contributed by atoms with Crippen LogP contribution in [-0.2, 0) is 0 Å². The highest BCUT2D eigenvalue weighted by Crippen LogP contribution is 2.51. The first-order chi connectivity index (χ1) is 13.2. The van der Waals surface area contributed by atoms with Gasteiger partial charge in [-0.2, -0.15) is 0 Å². The summed E-state index contributed by atoms with van der Waals surface area (Å²) < 4.78 is 11.2. The minimum atomic E-state index is 0.538. The second kappa shape index (κ2) is 6.25. The van der Waals surface area contributed by atoms with Crippen LogP contribution in [0.2, 0.25) is 0 Å². The van der Waals surface area contributed by atoms with Gasteiger partial charge in [-0.15, -0.1) is 0 Å². The van der Waals surface area contributed by atoms with Crippen LogP contribution in [0, 0.1) is 0 Å². The van der Waals surface area contributed by atoms with Crippen molar-refractivity contribution in [2.24, 2.45) is 0 Å². The molecule has 27 heavy (non-hydrogen) atoms. The summed E-state index contributed by atoms with van der Waals surface area (Å²) in [6.45, 7) is 4.29. The van der Waals surface area contributed by atoms with E-state index in [0.29, 0.717) is 12.0 Å². The van der Waals surface area contributed by atoms with E-state index in [0.717, 1.165) is 43.4 Å². The SMILES string of the molecule is COc1cccc(N2CC[C@H]3[C@@H](C2)c2cccc4c2N3CCN4C)c1OC. The van der Waals surface area contributed by atoms with E-state index in [1.54, 1.807) is 14.2 Å². The molecular weight excluding hydrogens is 338 g/mol. The van der Waals surface area contributed by atoms with Gasteiger partial charge in [0.05, 0.1) is 31.3 Å². The maximum Gasteiger partial charge on any atom is 0.184 e. The zero-order valence-corrected chi connectivity index (χ0v) is 16.3. The van der Waals surface area contributed by atoms with E-state index in [1.807, 2.05) is 6.07 Å². The number of hydrogen-bond acceptors (Lipinski definition) is 5. The summed E-state index contributed by atoms with van der Waals surface area (Å²) in [6, 6.07) is 13.6. The average molecular weight is 365 g/mol. The number of nitrogens with zero attached hydrogens (tertiary/aromatic N) is 3. The van der Waals surface area contributed by atoms with Gasteiger partial charge in [-0.05, 0) is 30.2 Å². The molecule has 2 aromatic rings. The van der Waals surface area contributed by atoms with Crippen molar-refractivity contribution in [3.63, 3.8) is 0 Å². The maximum absolute atomic E-state index is 5.70. The Hall–Kier alpha value is -2.56. The number of rotatable bonds is 3. The largest absolute Gasteiger partial charge is 0.493 e. The standard InChI is InChI=1S/C22H27N3O2/c1-23-12-13-25-17-10-11-24(19-8-5-9-20(26-2)22(19)27-3)14-16(17)15-6-4-7-18(23)21(15)25/h4-9,16-17H,10-14H2,1-3H3/t16-,17-/m0/s1. The highest BCUT2D eigenvalue weighted by Gasteiger charge is 2.44. The Morgan fingerprint density at radius 1 is 0.926 bits per heavy atom. The molecule has 3 aliphatic heterocycles. The van der Waals surface area contributed by atoms with Crippen molar-refractivity contribution in [2.75, 3.05) is 62.1 Å². The van der Waals surface area contributed by atoms with Crippen LogP contribution in [0.5, 0.6) is 11.5 Å². The van der Waals surface area contributed by atoms with Crippen molar-refractivity contribution < 1.29 is 9.47 Å². The molecule has 2 aromatic carbocycles. The molecule has 1 fully saturated rings. The molecule has 0 unspecified atom stereocenters. The van der Waals surface area contributed by atoms with Gasteiger partial charge in [0.1, 0.15) is 0 Å². The maximum atomic E-state index is 5.70. The topological polar surface area (TPSA) is 28.2 Å². The van der Waals surface area contributed by atoms with Crippen molar-refractivity contribution >= 4 is 17.1 Å². The van der Waals surface area contributed by atoms with E-state index in [9.17, 15) is 0 Å². The first kappa shape index (κ1) is 16.6. The Morgan fingerprint density at radius 2 is 1.74 bits per heavy atom. The molecule has 0 bridgehead atoms. The Morgan fingerprint density at radius 3 is 2.56 bits per heavy atom. The Kier molecular flexibility index (Phi) is 3.85. The zero-order valence-electron chi connectivity index (χ0n) is 16.3. The lowest BCUT2D eigenvalue weighted by Gasteiger charge is -2.42. The van der Waals surface area contributed by atoms with Crippen molar-refractivity contribution in [1.29, 1.82) is 0 Å². The molecule has 1 saturated heterocycles. The monoisotopic (exact) mass is 365 g/mol. The summed E-state index contributed by atoms with van der Waals surface area (Å²) in [5, 5.41) is 0. The lowest BCUT2D eigenvalue weighted by molar-refractivity contribution is 0.353. The van der Waals surface area contributed by atoms with E-state index >= 15 is 0 Å². The van der Waals surface area contributed by atoms with Crippen molar-refractivity contribution in [3.05, 3.63) is 42.0 Å². The van der Waals surface area contributed by atoms with Crippen molar-refractivity contribution in [2.45, 2.75) is 18.4 Å². The molecule has 0 amide bonds.